The second kappa shape index (κ2) is 10.9. The summed E-state index contributed by atoms with van der Waals surface area (Å²) in [5.74, 6) is 1.48. The van der Waals surface area contributed by atoms with Gasteiger partial charge in [0.15, 0.2) is 0 Å². The molecule has 4 rings (SSSR count). The number of nitrogens with one attached hydrogen (secondary N) is 1. The van der Waals surface area contributed by atoms with E-state index in [4.69, 9.17) is 9.47 Å². The number of benzene rings is 2. The highest BCUT2D eigenvalue weighted by atomic mass is 16.6. The summed E-state index contributed by atoms with van der Waals surface area (Å²) in [5, 5.41) is 4.57. The van der Waals surface area contributed by atoms with Crippen LogP contribution in [-0.4, -0.2) is 55.0 Å². The average Bonchev–Trinajstić information content (AvgIpc) is 3.42. The van der Waals surface area contributed by atoms with Crippen molar-refractivity contribution in [2.75, 3.05) is 33.4 Å². The van der Waals surface area contributed by atoms with Crippen LogP contribution in [0.1, 0.15) is 19.4 Å². The van der Waals surface area contributed by atoms with Gasteiger partial charge in [-0.1, -0.05) is 30.3 Å². The first-order valence-electron chi connectivity index (χ1n) is 11.9. The fourth-order valence-corrected chi connectivity index (χ4v) is 4.69. The van der Waals surface area contributed by atoms with Crippen molar-refractivity contribution in [3.8, 4) is 5.75 Å². The van der Waals surface area contributed by atoms with Crippen LogP contribution in [0.4, 0.5) is 4.79 Å². The fourth-order valence-electron chi connectivity index (χ4n) is 4.69. The van der Waals surface area contributed by atoms with Crippen molar-refractivity contribution < 1.29 is 14.3 Å². The second-order valence-electron chi connectivity index (χ2n) is 9.20. The molecule has 1 amide bonds. The van der Waals surface area contributed by atoms with Crippen LogP contribution in [0.25, 0.3) is 10.9 Å². The van der Waals surface area contributed by atoms with Crippen LogP contribution in [0.2, 0.25) is 0 Å². The highest BCUT2D eigenvalue weighted by Crippen LogP contribution is 2.26. The minimum absolute atomic E-state index is 0.0642. The van der Waals surface area contributed by atoms with Gasteiger partial charge in [-0.2, -0.15) is 0 Å². The molecule has 1 saturated heterocycles. The standard InChI is InChI=1S/C27H35N3O3/c1-20(2)30(19-24-18-28-17-23(24)15-21-7-5-4-6-8-21)27(31)33-25-9-10-26-22(16-25)11-12-29(26)13-14-32-3/h4-12,16,20,23-24,28H,13-15,17-19H2,1-3H3/t23-,24+/m0/s1. The third kappa shape index (κ3) is 5.75. The number of nitrogens with zero attached hydrogens (tertiary/aromatic N) is 2. The number of carbonyl (C=O) groups is 1. The Bertz CT molecular complexity index is 1050. The summed E-state index contributed by atoms with van der Waals surface area (Å²) in [6.45, 7) is 8.15. The zero-order chi connectivity index (χ0) is 23.2. The minimum atomic E-state index is -0.284. The Balaban J connectivity index is 1.41. The largest absolute Gasteiger partial charge is 0.415 e. The SMILES string of the molecule is COCCn1ccc2cc(OC(=O)N(C[C@H]3CNC[C@@H]3Cc3ccccc3)C(C)C)ccc21. The van der Waals surface area contributed by atoms with E-state index in [0.29, 0.717) is 30.7 Å². The Kier molecular flexibility index (Phi) is 7.68. The maximum atomic E-state index is 13.2. The molecule has 33 heavy (non-hydrogen) atoms. The van der Waals surface area contributed by atoms with Crippen molar-refractivity contribution >= 4 is 17.0 Å². The highest BCUT2D eigenvalue weighted by Gasteiger charge is 2.32. The molecular formula is C27H35N3O3. The lowest BCUT2D eigenvalue weighted by Crippen LogP contribution is -2.43. The highest BCUT2D eigenvalue weighted by molar-refractivity contribution is 5.82. The molecule has 0 spiro atoms. The van der Waals surface area contributed by atoms with E-state index in [0.717, 1.165) is 37.0 Å². The van der Waals surface area contributed by atoms with E-state index in [2.05, 4.69) is 54.1 Å². The van der Waals surface area contributed by atoms with E-state index in [1.807, 2.05) is 35.4 Å². The van der Waals surface area contributed by atoms with Gasteiger partial charge < -0.3 is 24.3 Å². The molecule has 1 aromatic heterocycles. The number of carbonyl (C=O) groups excluding carboxylic acids is 1. The van der Waals surface area contributed by atoms with Crippen molar-refractivity contribution in [1.82, 2.24) is 14.8 Å². The van der Waals surface area contributed by atoms with Gasteiger partial charge in [0.05, 0.1) is 6.61 Å². The van der Waals surface area contributed by atoms with Gasteiger partial charge in [-0.15, -0.1) is 0 Å². The van der Waals surface area contributed by atoms with Gasteiger partial charge in [-0.05, 0) is 75.0 Å². The molecule has 0 saturated carbocycles. The third-order valence-electron chi connectivity index (χ3n) is 6.59. The lowest BCUT2D eigenvalue weighted by Gasteiger charge is -2.30. The van der Waals surface area contributed by atoms with Crippen LogP contribution < -0.4 is 10.1 Å². The van der Waals surface area contributed by atoms with Gasteiger partial charge in [0, 0.05) is 43.3 Å². The van der Waals surface area contributed by atoms with Crippen LogP contribution in [-0.2, 0) is 17.7 Å². The van der Waals surface area contributed by atoms with Crippen LogP contribution in [0.15, 0.2) is 60.8 Å². The number of amides is 1. The summed E-state index contributed by atoms with van der Waals surface area (Å²) < 4.78 is 13.2. The van der Waals surface area contributed by atoms with E-state index < -0.39 is 0 Å². The third-order valence-corrected chi connectivity index (χ3v) is 6.59. The number of hydrogen-bond donors (Lipinski definition) is 1. The monoisotopic (exact) mass is 449 g/mol. The minimum Gasteiger partial charge on any atom is -0.410 e. The van der Waals surface area contributed by atoms with Gasteiger partial charge in [0.25, 0.3) is 0 Å². The Hall–Kier alpha value is -2.83. The van der Waals surface area contributed by atoms with E-state index >= 15 is 0 Å². The van der Waals surface area contributed by atoms with Crippen molar-refractivity contribution in [3.63, 3.8) is 0 Å². The Labute approximate surface area is 196 Å². The first-order chi connectivity index (χ1) is 16.0. The molecule has 2 atom stereocenters. The Morgan fingerprint density at radius 2 is 1.91 bits per heavy atom. The van der Waals surface area contributed by atoms with E-state index in [9.17, 15) is 4.79 Å². The molecule has 1 N–H and O–H groups in total. The molecular weight excluding hydrogens is 414 g/mol. The van der Waals surface area contributed by atoms with Crippen molar-refractivity contribution in [3.05, 3.63) is 66.4 Å². The lowest BCUT2D eigenvalue weighted by atomic mass is 9.89. The number of fused-ring (bicyclic) bond motifs is 1. The number of methoxy groups -OCH3 is 1. The van der Waals surface area contributed by atoms with Gasteiger partial charge >= 0.3 is 6.09 Å². The molecule has 176 valence electrons. The normalized spacial score (nSPS) is 18.2. The molecule has 2 aromatic carbocycles. The van der Waals surface area contributed by atoms with Gasteiger partial charge in [-0.25, -0.2) is 4.79 Å². The van der Waals surface area contributed by atoms with Crippen molar-refractivity contribution in [2.45, 2.75) is 32.9 Å². The Morgan fingerprint density at radius 3 is 2.67 bits per heavy atom. The van der Waals surface area contributed by atoms with Crippen LogP contribution in [0, 0.1) is 11.8 Å². The summed E-state index contributed by atoms with van der Waals surface area (Å²) in [4.78, 5) is 15.0. The van der Waals surface area contributed by atoms with Crippen LogP contribution >= 0.6 is 0 Å². The average molecular weight is 450 g/mol. The summed E-state index contributed by atoms with van der Waals surface area (Å²) >= 11 is 0. The van der Waals surface area contributed by atoms with Gasteiger partial charge in [0.2, 0.25) is 0 Å². The molecule has 1 aliphatic heterocycles. The quantitative estimate of drug-likeness (QED) is 0.520. The first-order valence-corrected chi connectivity index (χ1v) is 11.9. The number of rotatable bonds is 9. The summed E-state index contributed by atoms with van der Waals surface area (Å²) in [7, 11) is 1.70. The topological polar surface area (TPSA) is 55.7 Å². The molecule has 1 aliphatic rings. The molecule has 3 aromatic rings. The zero-order valence-electron chi connectivity index (χ0n) is 19.9. The maximum Gasteiger partial charge on any atom is 0.415 e. The molecule has 6 heteroatoms. The first kappa shape index (κ1) is 23.3. The molecule has 1 fully saturated rings. The Morgan fingerprint density at radius 1 is 1.12 bits per heavy atom. The van der Waals surface area contributed by atoms with E-state index in [1.165, 1.54) is 5.56 Å². The molecule has 2 heterocycles. The van der Waals surface area contributed by atoms with Crippen molar-refractivity contribution in [1.29, 1.82) is 0 Å². The van der Waals surface area contributed by atoms with Crippen LogP contribution in [0.5, 0.6) is 5.75 Å². The predicted octanol–water partition coefficient (Wildman–Crippen LogP) is 4.58. The molecule has 0 aliphatic carbocycles. The lowest BCUT2D eigenvalue weighted by molar-refractivity contribution is 0.125. The number of hydrogen-bond acceptors (Lipinski definition) is 4. The summed E-state index contributed by atoms with van der Waals surface area (Å²) in [6, 6.07) is 18.5. The zero-order valence-corrected chi connectivity index (χ0v) is 19.9. The van der Waals surface area contributed by atoms with Gasteiger partial charge in [0.1, 0.15) is 5.75 Å². The smallest absolute Gasteiger partial charge is 0.410 e. The van der Waals surface area contributed by atoms with E-state index in [-0.39, 0.29) is 12.1 Å². The molecule has 0 unspecified atom stereocenters. The van der Waals surface area contributed by atoms with Crippen molar-refractivity contribution in [2.24, 2.45) is 11.8 Å². The number of ether oxygens (including phenoxy) is 2. The van der Waals surface area contributed by atoms with Crippen LogP contribution in [0.3, 0.4) is 0 Å². The van der Waals surface area contributed by atoms with Gasteiger partial charge in [-0.3, -0.25) is 0 Å². The second-order valence-corrected chi connectivity index (χ2v) is 9.20. The fraction of sp³-hybridized carbons (Fsp3) is 0.444. The molecule has 0 bridgehead atoms. The maximum absolute atomic E-state index is 13.2. The molecule has 6 nitrogen and oxygen atoms in total. The summed E-state index contributed by atoms with van der Waals surface area (Å²) in [5.41, 5.74) is 2.45. The van der Waals surface area contributed by atoms with E-state index in [1.54, 1.807) is 7.11 Å². The number of aromatic nitrogens is 1. The summed E-state index contributed by atoms with van der Waals surface area (Å²) in [6.07, 6.45) is 2.78. The molecule has 0 radical (unpaired) electrons. The predicted molar refractivity (Wildman–Crippen MR) is 132 cm³/mol.